The third kappa shape index (κ3) is 4.29. The van der Waals surface area contributed by atoms with Crippen molar-refractivity contribution in [3.8, 4) is 0 Å². The van der Waals surface area contributed by atoms with Crippen molar-refractivity contribution in [2.45, 2.75) is 26.7 Å². The molecule has 1 fully saturated rings. The number of piperidine rings is 1. The Balaban J connectivity index is 1.56. The largest absolute Gasteiger partial charge is 0.339 e. The third-order valence-corrected chi connectivity index (χ3v) is 5.07. The van der Waals surface area contributed by atoms with E-state index in [4.69, 9.17) is 0 Å². The molecule has 0 spiro atoms. The summed E-state index contributed by atoms with van der Waals surface area (Å²) in [6, 6.07) is 15.6. The van der Waals surface area contributed by atoms with E-state index in [0.29, 0.717) is 13.1 Å². The molecule has 0 aromatic heterocycles. The standard InChI is InChI=1S/C23H25NO2/c1-17-8-9-19(18(2)16-17)10-11-22(25)24-14-12-21(13-15-24)23(26)20-6-4-3-5-7-20/h3-11,16,21H,12-15H2,1-2H3. The van der Waals surface area contributed by atoms with Crippen molar-refractivity contribution in [2.24, 2.45) is 5.92 Å². The van der Waals surface area contributed by atoms with Crippen molar-refractivity contribution >= 4 is 17.8 Å². The van der Waals surface area contributed by atoms with Crippen LogP contribution in [-0.4, -0.2) is 29.7 Å². The molecule has 1 saturated heterocycles. The van der Waals surface area contributed by atoms with Crippen LogP contribution in [-0.2, 0) is 4.79 Å². The first-order valence-corrected chi connectivity index (χ1v) is 9.18. The van der Waals surface area contributed by atoms with E-state index in [-0.39, 0.29) is 17.6 Å². The van der Waals surface area contributed by atoms with E-state index in [2.05, 4.69) is 26.0 Å². The van der Waals surface area contributed by atoms with Crippen molar-refractivity contribution < 1.29 is 9.59 Å². The van der Waals surface area contributed by atoms with Gasteiger partial charge in [-0.1, -0.05) is 54.1 Å². The van der Waals surface area contributed by atoms with Crippen LogP contribution in [0.2, 0.25) is 0 Å². The average molecular weight is 347 g/mol. The summed E-state index contributed by atoms with van der Waals surface area (Å²) in [5, 5.41) is 0. The Morgan fingerprint density at radius 1 is 1.00 bits per heavy atom. The number of ketones is 1. The van der Waals surface area contributed by atoms with Crippen LogP contribution in [0, 0.1) is 19.8 Å². The number of hydrogen-bond donors (Lipinski definition) is 0. The molecule has 134 valence electrons. The number of rotatable bonds is 4. The van der Waals surface area contributed by atoms with Gasteiger partial charge in [0.1, 0.15) is 0 Å². The van der Waals surface area contributed by atoms with Crippen LogP contribution in [0.25, 0.3) is 6.08 Å². The van der Waals surface area contributed by atoms with Crippen LogP contribution >= 0.6 is 0 Å². The molecule has 0 N–H and O–H groups in total. The predicted molar refractivity (Wildman–Crippen MR) is 105 cm³/mol. The highest BCUT2D eigenvalue weighted by molar-refractivity contribution is 5.98. The van der Waals surface area contributed by atoms with Gasteiger partial charge in [0, 0.05) is 30.6 Å². The van der Waals surface area contributed by atoms with E-state index in [0.717, 1.165) is 24.0 Å². The second kappa shape index (κ2) is 8.13. The maximum Gasteiger partial charge on any atom is 0.246 e. The molecule has 1 heterocycles. The van der Waals surface area contributed by atoms with Gasteiger partial charge >= 0.3 is 0 Å². The lowest BCUT2D eigenvalue weighted by Crippen LogP contribution is -2.39. The molecule has 2 aromatic rings. The number of hydrogen-bond acceptors (Lipinski definition) is 2. The normalized spacial score (nSPS) is 15.4. The second-order valence-electron chi connectivity index (χ2n) is 7.02. The zero-order valence-corrected chi connectivity index (χ0v) is 15.4. The van der Waals surface area contributed by atoms with Crippen LogP contribution in [0.15, 0.2) is 54.6 Å². The van der Waals surface area contributed by atoms with Crippen molar-refractivity contribution in [3.63, 3.8) is 0 Å². The Morgan fingerprint density at radius 3 is 2.35 bits per heavy atom. The quantitative estimate of drug-likeness (QED) is 0.606. The van der Waals surface area contributed by atoms with Gasteiger partial charge in [-0.15, -0.1) is 0 Å². The Bertz CT molecular complexity index is 815. The minimum absolute atomic E-state index is 0.0183. The van der Waals surface area contributed by atoms with Gasteiger partial charge in [0.2, 0.25) is 5.91 Å². The lowest BCUT2D eigenvalue weighted by atomic mass is 9.89. The smallest absolute Gasteiger partial charge is 0.246 e. The summed E-state index contributed by atoms with van der Waals surface area (Å²) in [7, 11) is 0. The van der Waals surface area contributed by atoms with Crippen molar-refractivity contribution in [3.05, 3.63) is 76.9 Å². The molecule has 1 amide bonds. The molecular formula is C23H25NO2. The molecule has 3 heteroatoms. The molecule has 0 atom stereocenters. The predicted octanol–water partition coefficient (Wildman–Crippen LogP) is 4.44. The van der Waals surface area contributed by atoms with Crippen LogP contribution < -0.4 is 0 Å². The van der Waals surface area contributed by atoms with Crippen LogP contribution in [0.5, 0.6) is 0 Å². The second-order valence-corrected chi connectivity index (χ2v) is 7.02. The first kappa shape index (κ1) is 18.1. The zero-order valence-electron chi connectivity index (χ0n) is 15.4. The van der Waals surface area contributed by atoms with Gasteiger partial charge < -0.3 is 4.90 Å². The number of aryl methyl sites for hydroxylation is 2. The lowest BCUT2D eigenvalue weighted by molar-refractivity contribution is -0.127. The summed E-state index contributed by atoms with van der Waals surface area (Å²) in [4.78, 5) is 26.8. The molecule has 1 aliphatic rings. The molecule has 0 saturated carbocycles. The fourth-order valence-corrected chi connectivity index (χ4v) is 3.48. The summed E-state index contributed by atoms with van der Waals surface area (Å²) < 4.78 is 0. The van der Waals surface area contributed by atoms with Gasteiger partial charge in [0.15, 0.2) is 5.78 Å². The Morgan fingerprint density at radius 2 is 1.69 bits per heavy atom. The van der Waals surface area contributed by atoms with Gasteiger partial charge in [0.05, 0.1) is 0 Å². The highest BCUT2D eigenvalue weighted by atomic mass is 16.2. The zero-order chi connectivity index (χ0) is 18.5. The summed E-state index contributed by atoms with van der Waals surface area (Å²) in [6.45, 7) is 5.39. The molecule has 26 heavy (non-hydrogen) atoms. The molecule has 0 radical (unpaired) electrons. The topological polar surface area (TPSA) is 37.4 Å². The maximum atomic E-state index is 12.5. The first-order valence-electron chi connectivity index (χ1n) is 9.18. The Hall–Kier alpha value is -2.68. The van der Waals surface area contributed by atoms with Gasteiger partial charge in [-0.05, 0) is 43.9 Å². The highest BCUT2D eigenvalue weighted by Crippen LogP contribution is 2.22. The maximum absolute atomic E-state index is 12.5. The van der Waals surface area contributed by atoms with Gasteiger partial charge in [0.25, 0.3) is 0 Å². The van der Waals surface area contributed by atoms with E-state index < -0.39 is 0 Å². The summed E-state index contributed by atoms with van der Waals surface area (Å²) in [5.41, 5.74) is 4.22. The van der Waals surface area contributed by atoms with Gasteiger partial charge in [-0.3, -0.25) is 9.59 Å². The molecule has 3 nitrogen and oxygen atoms in total. The fourth-order valence-electron chi connectivity index (χ4n) is 3.48. The van der Waals surface area contributed by atoms with Crippen molar-refractivity contribution in [2.75, 3.05) is 13.1 Å². The molecule has 1 aliphatic heterocycles. The first-order chi connectivity index (χ1) is 12.5. The number of benzene rings is 2. The lowest BCUT2D eigenvalue weighted by Gasteiger charge is -2.30. The van der Waals surface area contributed by atoms with E-state index in [9.17, 15) is 9.59 Å². The van der Waals surface area contributed by atoms with Crippen molar-refractivity contribution in [1.29, 1.82) is 0 Å². The van der Waals surface area contributed by atoms with E-state index in [1.54, 1.807) is 6.08 Å². The summed E-state index contributed by atoms with van der Waals surface area (Å²) in [5.74, 6) is 0.240. The monoisotopic (exact) mass is 347 g/mol. The molecule has 0 unspecified atom stereocenters. The average Bonchev–Trinajstić information content (AvgIpc) is 2.67. The Kier molecular flexibility index (Phi) is 5.67. The fraction of sp³-hybridized carbons (Fsp3) is 0.304. The molecule has 0 aliphatic carbocycles. The summed E-state index contributed by atoms with van der Waals surface area (Å²) >= 11 is 0. The van der Waals surface area contributed by atoms with Gasteiger partial charge in [-0.25, -0.2) is 0 Å². The number of Topliss-reactive ketones (excluding diaryl/α,β-unsaturated/α-hetero) is 1. The minimum atomic E-state index is 0.0183. The molecular weight excluding hydrogens is 322 g/mol. The number of likely N-dealkylation sites (tertiary alicyclic amines) is 1. The molecule has 0 bridgehead atoms. The number of carbonyl (C=O) groups is 2. The molecule has 3 rings (SSSR count). The van der Waals surface area contributed by atoms with Crippen LogP contribution in [0.1, 0.15) is 39.9 Å². The third-order valence-electron chi connectivity index (χ3n) is 5.07. The van der Waals surface area contributed by atoms with Crippen LogP contribution in [0.3, 0.4) is 0 Å². The van der Waals surface area contributed by atoms with Crippen LogP contribution in [0.4, 0.5) is 0 Å². The number of amides is 1. The summed E-state index contributed by atoms with van der Waals surface area (Å²) in [6.07, 6.45) is 5.00. The van der Waals surface area contributed by atoms with E-state index >= 15 is 0 Å². The highest BCUT2D eigenvalue weighted by Gasteiger charge is 2.27. The van der Waals surface area contributed by atoms with E-state index in [1.807, 2.05) is 47.4 Å². The van der Waals surface area contributed by atoms with E-state index in [1.165, 1.54) is 11.1 Å². The molecule has 2 aromatic carbocycles. The van der Waals surface area contributed by atoms with Crippen molar-refractivity contribution in [1.82, 2.24) is 4.90 Å². The number of nitrogens with zero attached hydrogens (tertiary/aromatic N) is 1. The SMILES string of the molecule is Cc1ccc(C=CC(=O)N2CCC(C(=O)c3ccccc3)CC2)c(C)c1. The minimum Gasteiger partial charge on any atom is -0.339 e. The Labute approximate surface area is 155 Å². The number of carbonyl (C=O) groups excluding carboxylic acids is 2. The van der Waals surface area contributed by atoms with Gasteiger partial charge in [-0.2, -0.15) is 0 Å².